The third-order valence-electron chi connectivity index (χ3n) is 3.67. The van der Waals surface area contributed by atoms with E-state index in [1.165, 1.54) is 32.5 Å². The van der Waals surface area contributed by atoms with Gasteiger partial charge < -0.3 is 15.1 Å². The van der Waals surface area contributed by atoms with Gasteiger partial charge >= 0.3 is 0 Å². The Morgan fingerprint density at radius 3 is 2.69 bits per heavy atom. The second-order valence-electron chi connectivity index (χ2n) is 4.96. The summed E-state index contributed by atoms with van der Waals surface area (Å²) in [6.45, 7) is 5.60. The molecule has 4 nitrogen and oxygen atoms in total. The molecule has 1 unspecified atom stereocenters. The summed E-state index contributed by atoms with van der Waals surface area (Å²) in [6.07, 6.45) is 4.85. The van der Waals surface area contributed by atoms with Crippen LogP contribution in [-0.2, 0) is 4.79 Å². The van der Waals surface area contributed by atoms with Crippen molar-refractivity contribution < 1.29 is 4.79 Å². The van der Waals surface area contributed by atoms with E-state index in [1.54, 1.807) is 0 Å². The van der Waals surface area contributed by atoms with Gasteiger partial charge in [-0.25, -0.2) is 0 Å². The van der Waals surface area contributed by atoms with Crippen LogP contribution in [0.2, 0.25) is 0 Å². The molecular weight excluding hydrogens is 202 g/mol. The molecule has 0 bridgehead atoms. The number of hydrogen-bond donors (Lipinski definition) is 1. The Morgan fingerprint density at radius 2 is 2.06 bits per heavy atom. The highest BCUT2D eigenvalue weighted by atomic mass is 16.2. The van der Waals surface area contributed by atoms with Gasteiger partial charge in [0.15, 0.2) is 0 Å². The van der Waals surface area contributed by atoms with Gasteiger partial charge in [-0.2, -0.15) is 0 Å². The number of carbonyl (C=O) groups is 1. The van der Waals surface area contributed by atoms with Crippen molar-refractivity contribution in [3.05, 3.63) is 0 Å². The van der Waals surface area contributed by atoms with Crippen LogP contribution in [0.25, 0.3) is 0 Å². The molecule has 16 heavy (non-hydrogen) atoms. The SMILES string of the molecule is CN1CCC(NCCCN2CCCC2)C1=O. The normalized spacial score (nSPS) is 26.9. The van der Waals surface area contributed by atoms with Crippen molar-refractivity contribution in [3.8, 4) is 0 Å². The van der Waals surface area contributed by atoms with Crippen molar-refractivity contribution in [2.75, 3.05) is 39.8 Å². The average Bonchev–Trinajstić information content (AvgIpc) is 2.88. The van der Waals surface area contributed by atoms with Crippen LogP contribution in [0.15, 0.2) is 0 Å². The Kier molecular flexibility index (Phi) is 4.18. The van der Waals surface area contributed by atoms with E-state index in [4.69, 9.17) is 0 Å². The van der Waals surface area contributed by atoms with Gasteiger partial charge in [-0.15, -0.1) is 0 Å². The second-order valence-corrected chi connectivity index (χ2v) is 4.96. The largest absolute Gasteiger partial charge is 0.344 e. The van der Waals surface area contributed by atoms with Crippen LogP contribution in [0.4, 0.5) is 0 Å². The molecular formula is C12H23N3O. The molecule has 0 aliphatic carbocycles. The van der Waals surface area contributed by atoms with E-state index in [1.807, 2.05) is 11.9 Å². The Bertz CT molecular complexity index is 238. The van der Waals surface area contributed by atoms with Crippen LogP contribution in [0, 0.1) is 0 Å². The van der Waals surface area contributed by atoms with Crippen LogP contribution < -0.4 is 5.32 Å². The maximum absolute atomic E-state index is 11.6. The highest BCUT2D eigenvalue weighted by Gasteiger charge is 2.27. The van der Waals surface area contributed by atoms with Crippen LogP contribution in [-0.4, -0.2) is 61.5 Å². The number of carbonyl (C=O) groups excluding carboxylic acids is 1. The third kappa shape index (κ3) is 2.95. The maximum Gasteiger partial charge on any atom is 0.239 e. The van der Waals surface area contributed by atoms with E-state index in [2.05, 4.69) is 10.2 Å². The van der Waals surface area contributed by atoms with Crippen LogP contribution in [0.1, 0.15) is 25.7 Å². The fraction of sp³-hybridized carbons (Fsp3) is 0.917. The van der Waals surface area contributed by atoms with Gasteiger partial charge in [0, 0.05) is 13.6 Å². The molecule has 0 aromatic heterocycles. The van der Waals surface area contributed by atoms with E-state index in [-0.39, 0.29) is 11.9 Å². The summed E-state index contributed by atoms with van der Waals surface area (Å²) in [6, 6.07) is 0.0866. The Labute approximate surface area is 98.0 Å². The number of amides is 1. The molecule has 0 spiro atoms. The lowest BCUT2D eigenvalue weighted by atomic mass is 10.2. The predicted molar refractivity (Wildman–Crippen MR) is 64.3 cm³/mol. The lowest BCUT2D eigenvalue weighted by molar-refractivity contribution is -0.128. The fourth-order valence-corrected chi connectivity index (χ4v) is 2.60. The minimum absolute atomic E-state index is 0.0866. The molecule has 1 N–H and O–H groups in total. The van der Waals surface area contributed by atoms with Crippen LogP contribution in [0.5, 0.6) is 0 Å². The zero-order valence-electron chi connectivity index (χ0n) is 10.2. The molecule has 1 amide bonds. The molecule has 2 aliphatic rings. The summed E-state index contributed by atoms with van der Waals surface area (Å²) in [7, 11) is 1.88. The van der Waals surface area contributed by atoms with Crippen molar-refractivity contribution in [2.24, 2.45) is 0 Å². The molecule has 2 aliphatic heterocycles. The quantitative estimate of drug-likeness (QED) is 0.683. The first kappa shape index (κ1) is 11.9. The maximum atomic E-state index is 11.6. The Balaban J connectivity index is 1.56. The Morgan fingerprint density at radius 1 is 1.31 bits per heavy atom. The topological polar surface area (TPSA) is 35.6 Å². The molecule has 1 atom stereocenters. The minimum Gasteiger partial charge on any atom is -0.344 e. The van der Waals surface area contributed by atoms with Crippen LogP contribution in [0.3, 0.4) is 0 Å². The van der Waals surface area contributed by atoms with Crippen molar-refractivity contribution in [3.63, 3.8) is 0 Å². The molecule has 2 saturated heterocycles. The highest BCUT2D eigenvalue weighted by molar-refractivity contribution is 5.83. The molecule has 2 rings (SSSR count). The summed E-state index contributed by atoms with van der Waals surface area (Å²) >= 11 is 0. The van der Waals surface area contributed by atoms with E-state index in [0.29, 0.717) is 0 Å². The summed E-state index contributed by atoms with van der Waals surface area (Å²) in [5.74, 6) is 0.265. The zero-order valence-corrected chi connectivity index (χ0v) is 10.2. The third-order valence-corrected chi connectivity index (χ3v) is 3.67. The number of likely N-dealkylation sites (tertiary alicyclic amines) is 2. The van der Waals surface area contributed by atoms with Gasteiger partial charge in [0.1, 0.15) is 0 Å². The molecule has 0 saturated carbocycles. The number of hydrogen-bond acceptors (Lipinski definition) is 3. The summed E-state index contributed by atoms with van der Waals surface area (Å²) in [5, 5.41) is 3.37. The fourth-order valence-electron chi connectivity index (χ4n) is 2.60. The van der Waals surface area contributed by atoms with Gasteiger partial charge in [-0.1, -0.05) is 0 Å². The highest BCUT2D eigenvalue weighted by Crippen LogP contribution is 2.09. The number of rotatable bonds is 5. The van der Waals surface area contributed by atoms with E-state index in [0.717, 1.165) is 25.9 Å². The van der Waals surface area contributed by atoms with Gasteiger partial charge in [0.25, 0.3) is 0 Å². The van der Waals surface area contributed by atoms with Crippen molar-refractivity contribution in [1.82, 2.24) is 15.1 Å². The molecule has 0 aromatic rings. The second kappa shape index (κ2) is 5.64. The predicted octanol–water partition coefficient (Wildman–Crippen LogP) is 0.293. The molecule has 92 valence electrons. The van der Waals surface area contributed by atoms with Crippen LogP contribution >= 0.6 is 0 Å². The number of likely N-dealkylation sites (N-methyl/N-ethyl adjacent to an activating group) is 1. The van der Waals surface area contributed by atoms with Gasteiger partial charge in [0.2, 0.25) is 5.91 Å². The summed E-state index contributed by atoms with van der Waals surface area (Å²) in [4.78, 5) is 15.9. The lowest BCUT2D eigenvalue weighted by Gasteiger charge is -2.16. The van der Waals surface area contributed by atoms with Crippen molar-refractivity contribution in [1.29, 1.82) is 0 Å². The first-order chi connectivity index (χ1) is 7.77. The van der Waals surface area contributed by atoms with Crippen molar-refractivity contribution >= 4 is 5.91 Å². The van der Waals surface area contributed by atoms with E-state index in [9.17, 15) is 4.79 Å². The Hall–Kier alpha value is -0.610. The van der Waals surface area contributed by atoms with Gasteiger partial charge in [0.05, 0.1) is 6.04 Å². The van der Waals surface area contributed by atoms with Gasteiger partial charge in [-0.05, 0) is 51.9 Å². The lowest BCUT2D eigenvalue weighted by Crippen LogP contribution is -2.38. The molecule has 0 aromatic carbocycles. The average molecular weight is 225 g/mol. The standard InChI is InChI=1S/C12H23N3O/c1-14-10-5-11(12(14)16)13-6-4-9-15-7-2-3-8-15/h11,13H,2-10H2,1H3. The molecule has 2 heterocycles. The molecule has 4 heteroatoms. The minimum atomic E-state index is 0.0866. The smallest absolute Gasteiger partial charge is 0.239 e. The zero-order chi connectivity index (χ0) is 11.4. The molecule has 2 fully saturated rings. The summed E-state index contributed by atoms with van der Waals surface area (Å²) in [5.41, 5.74) is 0. The summed E-state index contributed by atoms with van der Waals surface area (Å²) < 4.78 is 0. The first-order valence-corrected chi connectivity index (χ1v) is 6.48. The first-order valence-electron chi connectivity index (χ1n) is 6.48. The van der Waals surface area contributed by atoms with Crippen molar-refractivity contribution in [2.45, 2.75) is 31.7 Å². The van der Waals surface area contributed by atoms with E-state index < -0.39 is 0 Å². The molecule has 0 radical (unpaired) electrons. The monoisotopic (exact) mass is 225 g/mol. The van der Waals surface area contributed by atoms with E-state index >= 15 is 0 Å². The number of nitrogens with one attached hydrogen (secondary N) is 1. The number of nitrogens with zero attached hydrogens (tertiary/aromatic N) is 2. The van der Waals surface area contributed by atoms with Gasteiger partial charge in [-0.3, -0.25) is 4.79 Å².